The summed E-state index contributed by atoms with van der Waals surface area (Å²) in [7, 11) is 0. The van der Waals surface area contributed by atoms with Crippen molar-refractivity contribution in [1.82, 2.24) is 4.90 Å². The van der Waals surface area contributed by atoms with Crippen LogP contribution in [0.25, 0.3) is 0 Å². The van der Waals surface area contributed by atoms with Gasteiger partial charge in [0.15, 0.2) is 0 Å². The van der Waals surface area contributed by atoms with Crippen molar-refractivity contribution in [1.29, 1.82) is 0 Å². The molecule has 1 heterocycles. The fourth-order valence-electron chi connectivity index (χ4n) is 2.41. The van der Waals surface area contributed by atoms with Crippen LogP contribution in [-0.2, 0) is 4.79 Å². The maximum Gasteiger partial charge on any atom is 0.308 e. The van der Waals surface area contributed by atoms with Crippen LogP contribution >= 0.6 is 15.9 Å². The van der Waals surface area contributed by atoms with Crippen LogP contribution < -0.4 is 0 Å². The summed E-state index contributed by atoms with van der Waals surface area (Å²) in [5.74, 6) is -1.38. The number of likely N-dealkylation sites (tertiary alicyclic amines) is 1. The Morgan fingerprint density at radius 2 is 2.05 bits per heavy atom. The van der Waals surface area contributed by atoms with E-state index in [2.05, 4.69) is 15.9 Å². The second-order valence-electron chi connectivity index (χ2n) is 5.10. The van der Waals surface area contributed by atoms with Gasteiger partial charge in [-0.15, -0.1) is 0 Å². The zero-order valence-electron chi connectivity index (χ0n) is 10.9. The molecular weight excluding hydrogens is 310 g/mol. The van der Waals surface area contributed by atoms with Gasteiger partial charge in [-0.25, -0.2) is 0 Å². The lowest BCUT2D eigenvalue weighted by Crippen LogP contribution is -2.29. The molecule has 0 radical (unpaired) electrons. The molecule has 0 bridgehead atoms. The fraction of sp³-hybridized carbons (Fsp3) is 0.429. The van der Waals surface area contributed by atoms with E-state index in [1.165, 1.54) is 0 Å². The molecule has 1 amide bonds. The normalized spacial score (nSPS) is 22.6. The minimum Gasteiger partial charge on any atom is -0.481 e. The first-order valence-corrected chi connectivity index (χ1v) is 6.97. The van der Waals surface area contributed by atoms with Gasteiger partial charge in [0.25, 0.3) is 5.91 Å². The molecule has 2 rings (SSSR count). The molecule has 102 valence electrons. The first-order valence-electron chi connectivity index (χ1n) is 6.18. The smallest absolute Gasteiger partial charge is 0.308 e. The van der Waals surface area contributed by atoms with Crippen LogP contribution in [0.5, 0.6) is 0 Å². The van der Waals surface area contributed by atoms with E-state index in [1.807, 2.05) is 26.0 Å². The lowest BCUT2D eigenvalue weighted by molar-refractivity contribution is -0.142. The molecule has 1 saturated heterocycles. The van der Waals surface area contributed by atoms with Crippen LogP contribution in [0.1, 0.15) is 22.8 Å². The number of hydrogen-bond acceptors (Lipinski definition) is 2. The first kappa shape index (κ1) is 14.1. The van der Waals surface area contributed by atoms with Crippen LogP contribution in [0.2, 0.25) is 0 Å². The predicted molar refractivity (Wildman–Crippen MR) is 75.1 cm³/mol. The minimum atomic E-state index is -0.824. The summed E-state index contributed by atoms with van der Waals surface area (Å²) in [6.45, 7) is 4.60. The SMILES string of the molecule is Cc1cc(C(=O)N2CC(C)C(C(=O)O)C2)ccc1Br. The Morgan fingerprint density at radius 3 is 2.58 bits per heavy atom. The highest BCUT2D eigenvalue weighted by Gasteiger charge is 2.37. The summed E-state index contributed by atoms with van der Waals surface area (Å²) < 4.78 is 0.960. The Bertz CT molecular complexity index is 529. The number of carboxylic acid groups (broad SMARTS) is 1. The van der Waals surface area contributed by atoms with Crippen molar-refractivity contribution >= 4 is 27.8 Å². The third-order valence-corrected chi connectivity index (χ3v) is 4.51. The van der Waals surface area contributed by atoms with Crippen molar-refractivity contribution in [2.24, 2.45) is 11.8 Å². The number of benzene rings is 1. The summed E-state index contributed by atoms with van der Waals surface area (Å²) in [5, 5.41) is 9.09. The maximum absolute atomic E-state index is 12.3. The van der Waals surface area contributed by atoms with Gasteiger partial charge in [0, 0.05) is 23.1 Å². The van der Waals surface area contributed by atoms with Gasteiger partial charge in [-0.1, -0.05) is 22.9 Å². The molecule has 4 nitrogen and oxygen atoms in total. The van der Waals surface area contributed by atoms with Gasteiger partial charge < -0.3 is 10.0 Å². The number of amides is 1. The van der Waals surface area contributed by atoms with Crippen molar-refractivity contribution in [2.45, 2.75) is 13.8 Å². The highest BCUT2D eigenvalue weighted by molar-refractivity contribution is 9.10. The molecule has 1 aliphatic heterocycles. The fourth-order valence-corrected chi connectivity index (χ4v) is 2.66. The second kappa shape index (κ2) is 5.33. The third-order valence-electron chi connectivity index (χ3n) is 3.62. The molecule has 1 fully saturated rings. The molecule has 1 aromatic carbocycles. The van der Waals surface area contributed by atoms with Crippen LogP contribution in [0.4, 0.5) is 0 Å². The van der Waals surface area contributed by atoms with Gasteiger partial charge in [-0.3, -0.25) is 9.59 Å². The van der Waals surface area contributed by atoms with E-state index in [-0.39, 0.29) is 11.8 Å². The monoisotopic (exact) mass is 325 g/mol. The highest BCUT2D eigenvalue weighted by Crippen LogP contribution is 2.25. The van der Waals surface area contributed by atoms with Crippen LogP contribution in [0, 0.1) is 18.8 Å². The van der Waals surface area contributed by atoms with Gasteiger partial charge in [-0.2, -0.15) is 0 Å². The van der Waals surface area contributed by atoms with Crippen molar-refractivity contribution in [2.75, 3.05) is 13.1 Å². The Kier molecular flexibility index (Phi) is 3.94. The number of carboxylic acids is 1. The van der Waals surface area contributed by atoms with Gasteiger partial charge in [0.2, 0.25) is 0 Å². The summed E-state index contributed by atoms with van der Waals surface area (Å²) in [6, 6.07) is 5.43. The van der Waals surface area contributed by atoms with Gasteiger partial charge in [-0.05, 0) is 36.6 Å². The summed E-state index contributed by atoms with van der Waals surface area (Å²) in [6.07, 6.45) is 0. The number of hydrogen-bond donors (Lipinski definition) is 1. The summed E-state index contributed by atoms with van der Waals surface area (Å²) in [5.41, 5.74) is 1.60. The maximum atomic E-state index is 12.3. The van der Waals surface area contributed by atoms with Gasteiger partial charge >= 0.3 is 5.97 Å². The largest absolute Gasteiger partial charge is 0.481 e. The average Bonchev–Trinajstić information content (AvgIpc) is 2.74. The molecule has 1 aliphatic rings. The highest BCUT2D eigenvalue weighted by atomic mass is 79.9. The van der Waals surface area contributed by atoms with Crippen LogP contribution in [0.3, 0.4) is 0 Å². The van der Waals surface area contributed by atoms with Gasteiger partial charge in [0.1, 0.15) is 0 Å². The minimum absolute atomic E-state index is 0.00186. The Labute approximate surface area is 120 Å². The van der Waals surface area contributed by atoms with Crippen molar-refractivity contribution in [3.63, 3.8) is 0 Å². The molecule has 0 spiro atoms. The summed E-state index contributed by atoms with van der Waals surface area (Å²) >= 11 is 3.40. The number of carbonyl (C=O) groups is 2. The molecule has 0 saturated carbocycles. The van der Waals surface area contributed by atoms with E-state index >= 15 is 0 Å². The van der Waals surface area contributed by atoms with Crippen LogP contribution in [-0.4, -0.2) is 35.0 Å². The van der Waals surface area contributed by atoms with E-state index in [1.54, 1.807) is 11.0 Å². The van der Waals surface area contributed by atoms with Crippen molar-refractivity contribution in [3.8, 4) is 0 Å². The number of carbonyl (C=O) groups excluding carboxylic acids is 1. The lowest BCUT2D eigenvalue weighted by Gasteiger charge is -2.16. The zero-order chi connectivity index (χ0) is 14.2. The molecule has 5 heteroatoms. The van der Waals surface area contributed by atoms with Crippen molar-refractivity contribution < 1.29 is 14.7 Å². The number of nitrogens with zero attached hydrogens (tertiary/aromatic N) is 1. The molecule has 19 heavy (non-hydrogen) atoms. The quantitative estimate of drug-likeness (QED) is 0.909. The summed E-state index contributed by atoms with van der Waals surface area (Å²) in [4.78, 5) is 25.0. The van der Waals surface area contributed by atoms with E-state index in [4.69, 9.17) is 5.11 Å². The second-order valence-corrected chi connectivity index (χ2v) is 5.95. The molecule has 2 unspecified atom stereocenters. The zero-order valence-corrected chi connectivity index (χ0v) is 12.5. The lowest BCUT2D eigenvalue weighted by atomic mass is 9.99. The number of rotatable bonds is 2. The first-order chi connectivity index (χ1) is 8.90. The average molecular weight is 326 g/mol. The molecule has 1 N–H and O–H groups in total. The topological polar surface area (TPSA) is 57.6 Å². The molecule has 0 aliphatic carbocycles. The molecule has 2 atom stereocenters. The van der Waals surface area contributed by atoms with E-state index in [0.717, 1.165) is 10.0 Å². The third kappa shape index (κ3) is 2.81. The number of aliphatic carboxylic acids is 1. The Balaban J connectivity index is 2.17. The van der Waals surface area contributed by atoms with E-state index in [0.29, 0.717) is 18.7 Å². The number of halogens is 1. The van der Waals surface area contributed by atoms with Gasteiger partial charge in [0.05, 0.1) is 5.92 Å². The predicted octanol–water partition coefficient (Wildman–Crippen LogP) is 2.55. The molecular formula is C14H16BrNO3. The molecule has 0 aromatic heterocycles. The van der Waals surface area contributed by atoms with Crippen LogP contribution in [0.15, 0.2) is 22.7 Å². The molecule has 1 aromatic rings. The Morgan fingerprint density at radius 1 is 1.37 bits per heavy atom. The van der Waals surface area contributed by atoms with E-state index in [9.17, 15) is 9.59 Å². The van der Waals surface area contributed by atoms with Crippen molar-refractivity contribution in [3.05, 3.63) is 33.8 Å². The number of aryl methyl sites for hydroxylation is 1. The standard InChI is InChI=1S/C14H16BrNO3/c1-8-5-10(3-4-12(8)15)13(17)16-6-9(2)11(7-16)14(18)19/h3-5,9,11H,6-7H2,1-2H3,(H,18,19). The van der Waals surface area contributed by atoms with E-state index < -0.39 is 11.9 Å². The Hall–Kier alpha value is -1.36.